The molecule has 27 heavy (non-hydrogen) atoms. The Hall–Kier alpha value is -3.10. The molecule has 1 aromatic carbocycles. The molecule has 2 heterocycles. The second-order valence-electron chi connectivity index (χ2n) is 5.82. The fourth-order valence-corrected chi connectivity index (χ4v) is 4.32. The highest BCUT2D eigenvalue weighted by molar-refractivity contribution is 7.89. The molecule has 1 unspecified atom stereocenters. The average molecular weight is 389 g/mol. The highest BCUT2D eigenvalue weighted by Gasteiger charge is 2.32. The number of sulfonamides is 1. The van der Waals surface area contributed by atoms with E-state index in [4.69, 9.17) is 10.00 Å². The molecule has 1 aliphatic rings. The van der Waals surface area contributed by atoms with Crippen LogP contribution in [-0.4, -0.2) is 46.8 Å². The van der Waals surface area contributed by atoms with E-state index >= 15 is 0 Å². The van der Waals surface area contributed by atoms with Gasteiger partial charge in [-0.15, -0.1) is 0 Å². The number of aromatic nitrogens is 2. The van der Waals surface area contributed by atoms with Crippen LogP contribution in [0.15, 0.2) is 41.6 Å². The lowest BCUT2D eigenvalue weighted by atomic mass is 10.1. The second-order valence-corrected chi connectivity index (χ2v) is 7.76. The van der Waals surface area contributed by atoms with Crippen molar-refractivity contribution in [2.24, 2.45) is 0 Å². The van der Waals surface area contributed by atoms with Gasteiger partial charge in [-0.25, -0.2) is 18.4 Å². The fourth-order valence-electron chi connectivity index (χ4n) is 2.77. The predicted octanol–water partition coefficient (Wildman–Crippen LogP) is 1.49. The van der Waals surface area contributed by atoms with Gasteiger partial charge in [-0.2, -0.15) is 9.57 Å². The standard InChI is InChI=1S/C16H15N5O5S/c17-10-15-16(19-7-6-18-15)26-13-4-2-8-20(11-13)27(24,25)14-5-1-3-12(9-14)21(22)23/h1,3,5-7,9,13H,2,4,8,11H2. The molecular formula is C16H15N5O5S. The van der Waals surface area contributed by atoms with Gasteiger partial charge in [0.15, 0.2) is 0 Å². The number of rotatable bonds is 5. The minimum atomic E-state index is -3.91. The summed E-state index contributed by atoms with van der Waals surface area (Å²) in [6.45, 7) is 0.322. The van der Waals surface area contributed by atoms with Crippen LogP contribution in [0.3, 0.4) is 0 Å². The lowest BCUT2D eigenvalue weighted by Crippen LogP contribution is -2.44. The van der Waals surface area contributed by atoms with Crippen LogP contribution in [0, 0.1) is 21.4 Å². The lowest BCUT2D eigenvalue weighted by Gasteiger charge is -2.31. The highest BCUT2D eigenvalue weighted by atomic mass is 32.2. The molecule has 1 saturated heterocycles. The van der Waals surface area contributed by atoms with Crippen LogP contribution in [0.4, 0.5) is 5.69 Å². The Morgan fingerprint density at radius 1 is 1.33 bits per heavy atom. The van der Waals surface area contributed by atoms with Gasteiger partial charge in [0.1, 0.15) is 12.2 Å². The van der Waals surface area contributed by atoms with Crippen molar-refractivity contribution in [2.45, 2.75) is 23.8 Å². The number of non-ortho nitro benzene ring substituents is 1. The molecule has 1 fully saturated rings. The van der Waals surface area contributed by atoms with Crippen LogP contribution >= 0.6 is 0 Å². The average Bonchev–Trinajstić information content (AvgIpc) is 2.68. The molecule has 0 amide bonds. The SMILES string of the molecule is N#Cc1nccnc1OC1CCCN(S(=O)(=O)c2cccc([N+](=O)[O-])c2)C1. The first-order chi connectivity index (χ1) is 12.9. The predicted molar refractivity (Wildman–Crippen MR) is 92.3 cm³/mol. The lowest BCUT2D eigenvalue weighted by molar-refractivity contribution is -0.385. The van der Waals surface area contributed by atoms with Crippen LogP contribution < -0.4 is 4.74 Å². The van der Waals surface area contributed by atoms with Gasteiger partial charge in [-0.05, 0) is 18.9 Å². The van der Waals surface area contributed by atoms with Crippen molar-refractivity contribution in [2.75, 3.05) is 13.1 Å². The molecule has 140 valence electrons. The molecule has 1 aliphatic heterocycles. The number of hydrogen-bond acceptors (Lipinski definition) is 8. The zero-order valence-corrected chi connectivity index (χ0v) is 14.9. The van der Waals surface area contributed by atoms with E-state index in [9.17, 15) is 18.5 Å². The van der Waals surface area contributed by atoms with E-state index in [1.165, 1.54) is 34.9 Å². The van der Waals surface area contributed by atoms with Crippen LogP contribution in [-0.2, 0) is 10.0 Å². The molecule has 1 aromatic heterocycles. The molecule has 10 nitrogen and oxygen atoms in total. The third-order valence-electron chi connectivity index (χ3n) is 4.06. The van der Waals surface area contributed by atoms with Gasteiger partial charge in [0, 0.05) is 31.1 Å². The van der Waals surface area contributed by atoms with E-state index in [0.717, 1.165) is 6.07 Å². The van der Waals surface area contributed by atoms with E-state index in [2.05, 4.69) is 9.97 Å². The molecule has 2 aromatic rings. The summed E-state index contributed by atoms with van der Waals surface area (Å²) >= 11 is 0. The van der Waals surface area contributed by atoms with Gasteiger partial charge in [-0.3, -0.25) is 10.1 Å². The van der Waals surface area contributed by atoms with Gasteiger partial charge in [0.25, 0.3) is 11.6 Å². The molecule has 0 bridgehead atoms. The summed E-state index contributed by atoms with van der Waals surface area (Å²) in [5, 5.41) is 20.0. The molecule has 0 saturated carbocycles. The Bertz CT molecular complexity index is 1000. The summed E-state index contributed by atoms with van der Waals surface area (Å²) in [5.41, 5.74) is -0.268. The third-order valence-corrected chi connectivity index (χ3v) is 5.92. The van der Waals surface area contributed by atoms with E-state index in [1.807, 2.05) is 6.07 Å². The second kappa shape index (κ2) is 7.65. The topological polar surface area (TPSA) is 139 Å². The van der Waals surface area contributed by atoms with Crippen LogP contribution in [0.2, 0.25) is 0 Å². The number of piperidine rings is 1. The Labute approximate surface area is 155 Å². The summed E-state index contributed by atoms with van der Waals surface area (Å²) in [7, 11) is -3.91. The number of hydrogen-bond donors (Lipinski definition) is 0. The van der Waals surface area contributed by atoms with Crippen molar-refractivity contribution in [3.8, 4) is 11.9 Å². The Balaban J connectivity index is 1.80. The molecule has 0 radical (unpaired) electrons. The maximum Gasteiger partial charge on any atom is 0.270 e. The zero-order valence-electron chi connectivity index (χ0n) is 14.1. The number of ether oxygens (including phenoxy) is 1. The monoisotopic (exact) mass is 389 g/mol. The summed E-state index contributed by atoms with van der Waals surface area (Å²) in [6, 6.07) is 6.81. The molecular weight excluding hydrogens is 374 g/mol. The maximum atomic E-state index is 12.9. The molecule has 0 N–H and O–H groups in total. The third kappa shape index (κ3) is 4.02. The molecule has 1 atom stereocenters. The van der Waals surface area contributed by atoms with Crippen LogP contribution in [0.1, 0.15) is 18.5 Å². The first-order valence-electron chi connectivity index (χ1n) is 8.04. The van der Waals surface area contributed by atoms with Gasteiger partial charge in [-0.1, -0.05) is 6.07 Å². The van der Waals surface area contributed by atoms with E-state index in [0.29, 0.717) is 12.8 Å². The van der Waals surface area contributed by atoms with Crippen molar-refractivity contribution >= 4 is 15.7 Å². The fraction of sp³-hybridized carbons (Fsp3) is 0.312. The Morgan fingerprint density at radius 2 is 2.11 bits per heavy atom. The van der Waals surface area contributed by atoms with Crippen molar-refractivity contribution in [3.05, 3.63) is 52.5 Å². The molecule has 0 spiro atoms. The summed E-state index contributed by atoms with van der Waals surface area (Å²) < 4.78 is 32.6. The first-order valence-corrected chi connectivity index (χ1v) is 9.48. The normalized spacial score (nSPS) is 17.8. The van der Waals surface area contributed by atoms with Gasteiger partial charge >= 0.3 is 0 Å². The Kier molecular flexibility index (Phi) is 5.29. The summed E-state index contributed by atoms with van der Waals surface area (Å²) in [5.74, 6) is 0.0552. The number of benzene rings is 1. The van der Waals surface area contributed by atoms with Crippen LogP contribution in [0.25, 0.3) is 0 Å². The molecule has 0 aliphatic carbocycles. The number of nitro groups is 1. The molecule has 3 rings (SSSR count). The smallest absolute Gasteiger partial charge is 0.270 e. The van der Waals surface area contributed by atoms with Crippen molar-refractivity contribution in [3.63, 3.8) is 0 Å². The minimum absolute atomic E-state index is 0.0242. The van der Waals surface area contributed by atoms with E-state index in [-0.39, 0.29) is 35.2 Å². The Morgan fingerprint density at radius 3 is 2.85 bits per heavy atom. The summed E-state index contributed by atoms with van der Waals surface area (Å²) in [6.07, 6.45) is 3.38. The van der Waals surface area contributed by atoms with E-state index in [1.54, 1.807) is 0 Å². The number of nitriles is 1. The van der Waals surface area contributed by atoms with Gasteiger partial charge < -0.3 is 4.74 Å². The first kappa shape index (κ1) is 18.7. The zero-order chi connectivity index (χ0) is 19.4. The highest BCUT2D eigenvalue weighted by Crippen LogP contribution is 2.25. The van der Waals surface area contributed by atoms with Gasteiger partial charge in [0.05, 0.1) is 16.4 Å². The van der Waals surface area contributed by atoms with Crippen molar-refractivity contribution in [1.29, 1.82) is 5.26 Å². The largest absolute Gasteiger partial charge is 0.471 e. The number of nitrogens with zero attached hydrogens (tertiary/aromatic N) is 5. The maximum absolute atomic E-state index is 12.9. The summed E-state index contributed by atoms with van der Waals surface area (Å²) in [4.78, 5) is 18.0. The van der Waals surface area contributed by atoms with Crippen LogP contribution in [0.5, 0.6) is 5.88 Å². The minimum Gasteiger partial charge on any atom is -0.471 e. The molecule has 11 heteroatoms. The van der Waals surface area contributed by atoms with Crippen molar-refractivity contribution in [1.82, 2.24) is 14.3 Å². The quantitative estimate of drug-likeness (QED) is 0.553. The van der Waals surface area contributed by atoms with Crippen molar-refractivity contribution < 1.29 is 18.1 Å². The number of nitro benzene ring substituents is 1. The van der Waals surface area contributed by atoms with E-state index < -0.39 is 21.1 Å². The van der Waals surface area contributed by atoms with Gasteiger partial charge in [0.2, 0.25) is 15.7 Å².